The third kappa shape index (κ3) is 2.96. The van der Waals surface area contributed by atoms with Gasteiger partial charge in [0.25, 0.3) is 10.1 Å². The highest BCUT2D eigenvalue weighted by molar-refractivity contribution is 7.86. The first-order valence-electron chi connectivity index (χ1n) is 4.34. The van der Waals surface area contributed by atoms with Crippen molar-refractivity contribution in [1.29, 1.82) is 0 Å². The van der Waals surface area contributed by atoms with Crippen molar-refractivity contribution >= 4 is 10.1 Å². The van der Waals surface area contributed by atoms with Crippen LogP contribution in [0.15, 0.2) is 29.2 Å². The van der Waals surface area contributed by atoms with E-state index < -0.39 is 21.9 Å². The zero-order chi connectivity index (χ0) is 12.4. The number of hydrogen-bond donors (Lipinski definition) is 0. The molecular formula is C9H9F3O3S. The van der Waals surface area contributed by atoms with E-state index in [9.17, 15) is 21.6 Å². The SMILES string of the molecule is CCOS(=O)(=O)c1ccc(C(F)(F)F)cc1. The molecule has 3 nitrogen and oxygen atoms in total. The molecule has 0 amide bonds. The summed E-state index contributed by atoms with van der Waals surface area (Å²) < 4.78 is 63.6. The number of alkyl halides is 3. The fourth-order valence-corrected chi connectivity index (χ4v) is 1.95. The van der Waals surface area contributed by atoms with Gasteiger partial charge < -0.3 is 0 Å². The molecule has 0 heterocycles. The van der Waals surface area contributed by atoms with E-state index in [1.807, 2.05) is 0 Å². The molecule has 0 saturated heterocycles. The normalized spacial score (nSPS) is 12.8. The van der Waals surface area contributed by atoms with E-state index in [0.29, 0.717) is 12.1 Å². The van der Waals surface area contributed by atoms with Gasteiger partial charge in [-0.15, -0.1) is 0 Å². The largest absolute Gasteiger partial charge is 0.416 e. The Bertz CT molecular complexity index is 448. The maximum atomic E-state index is 12.2. The molecule has 16 heavy (non-hydrogen) atoms. The topological polar surface area (TPSA) is 43.4 Å². The average molecular weight is 254 g/mol. The zero-order valence-corrected chi connectivity index (χ0v) is 9.10. The first-order valence-corrected chi connectivity index (χ1v) is 5.75. The molecule has 0 unspecified atom stereocenters. The minimum atomic E-state index is -4.48. The van der Waals surface area contributed by atoms with Gasteiger partial charge in [0, 0.05) is 0 Å². The fraction of sp³-hybridized carbons (Fsp3) is 0.333. The van der Waals surface area contributed by atoms with E-state index in [1.165, 1.54) is 6.92 Å². The summed E-state index contributed by atoms with van der Waals surface area (Å²) in [5.41, 5.74) is -0.900. The van der Waals surface area contributed by atoms with E-state index in [1.54, 1.807) is 0 Å². The van der Waals surface area contributed by atoms with Gasteiger partial charge in [0.2, 0.25) is 0 Å². The van der Waals surface area contributed by atoms with Gasteiger partial charge in [0.15, 0.2) is 0 Å². The molecule has 7 heteroatoms. The van der Waals surface area contributed by atoms with Gasteiger partial charge >= 0.3 is 6.18 Å². The summed E-state index contributed by atoms with van der Waals surface area (Å²) >= 11 is 0. The van der Waals surface area contributed by atoms with Gasteiger partial charge in [0.1, 0.15) is 0 Å². The lowest BCUT2D eigenvalue weighted by Gasteiger charge is -2.07. The second-order valence-electron chi connectivity index (χ2n) is 2.88. The van der Waals surface area contributed by atoms with Crippen molar-refractivity contribution in [2.75, 3.05) is 6.61 Å². The number of hydrogen-bond acceptors (Lipinski definition) is 3. The molecule has 0 spiro atoms. The molecule has 90 valence electrons. The highest BCUT2D eigenvalue weighted by Gasteiger charge is 2.30. The Balaban J connectivity index is 3.05. The Morgan fingerprint density at radius 2 is 1.69 bits per heavy atom. The molecule has 0 saturated carbocycles. The summed E-state index contributed by atoms with van der Waals surface area (Å²) in [6.45, 7) is 1.41. The van der Waals surface area contributed by atoms with Gasteiger partial charge in [-0.05, 0) is 31.2 Å². The van der Waals surface area contributed by atoms with E-state index in [4.69, 9.17) is 0 Å². The van der Waals surface area contributed by atoms with Gasteiger partial charge in [-0.25, -0.2) is 0 Å². The minimum Gasteiger partial charge on any atom is -0.267 e. The van der Waals surface area contributed by atoms with Crippen LogP contribution in [0.2, 0.25) is 0 Å². The van der Waals surface area contributed by atoms with Crippen LogP contribution >= 0.6 is 0 Å². The molecule has 0 bridgehead atoms. The van der Waals surface area contributed by atoms with Crippen molar-refractivity contribution in [1.82, 2.24) is 0 Å². The summed E-state index contributed by atoms with van der Waals surface area (Å²) in [6, 6.07) is 3.14. The predicted molar refractivity (Wildman–Crippen MR) is 50.3 cm³/mol. The second kappa shape index (κ2) is 4.42. The Morgan fingerprint density at radius 1 is 1.19 bits per heavy atom. The minimum absolute atomic E-state index is 0.0661. The van der Waals surface area contributed by atoms with Gasteiger partial charge in [-0.3, -0.25) is 4.18 Å². The predicted octanol–water partition coefficient (Wildman–Crippen LogP) is 2.43. The van der Waals surface area contributed by atoms with Crippen LogP contribution in [-0.4, -0.2) is 15.0 Å². The average Bonchev–Trinajstić information content (AvgIpc) is 2.16. The van der Waals surface area contributed by atoms with Gasteiger partial charge in [0.05, 0.1) is 17.1 Å². The Labute approximate surface area is 91.0 Å². The molecule has 1 aromatic carbocycles. The van der Waals surface area contributed by atoms with Crippen molar-refractivity contribution < 1.29 is 25.8 Å². The van der Waals surface area contributed by atoms with Crippen LogP contribution in [0, 0.1) is 0 Å². The van der Waals surface area contributed by atoms with E-state index in [2.05, 4.69) is 4.18 Å². The van der Waals surface area contributed by atoms with Crippen LogP contribution in [-0.2, 0) is 20.5 Å². The molecule has 0 aliphatic heterocycles. The highest BCUT2D eigenvalue weighted by atomic mass is 32.2. The van der Waals surface area contributed by atoms with E-state index in [-0.39, 0.29) is 11.5 Å². The Morgan fingerprint density at radius 3 is 2.06 bits per heavy atom. The van der Waals surface area contributed by atoms with Gasteiger partial charge in [-0.1, -0.05) is 0 Å². The third-order valence-electron chi connectivity index (χ3n) is 1.74. The number of halogens is 3. The third-order valence-corrected chi connectivity index (χ3v) is 3.14. The summed E-state index contributed by atoms with van der Waals surface area (Å²) in [5.74, 6) is 0. The summed E-state index contributed by atoms with van der Waals surface area (Å²) in [5, 5.41) is 0. The lowest BCUT2D eigenvalue weighted by molar-refractivity contribution is -0.137. The van der Waals surface area contributed by atoms with E-state index >= 15 is 0 Å². The zero-order valence-electron chi connectivity index (χ0n) is 8.28. The van der Waals surface area contributed by atoms with Crippen LogP contribution in [0.4, 0.5) is 13.2 Å². The number of rotatable bonds is 3. The Kier molecular flexibility index (Phi) is 3.59. The van der Waals surface area contributed by atoms with Crippen molar-refractivity contribution in [2.24, 2.45) is 0 Å². The lowest BCUT2D eigenvalue weighted by atomic mass is 10.2. The fourth-order valence-electron chi connectivity index (χ4n) is 1.03. The molecule has 0 aromatic heterocycles. The van der Waals surface area contributed by atoms with Crippen molar-refractivity contribution in [3.63, 3.8) is 0 Å². The standard InChI is InChI=1S/C9H9F3O3S/c1-2-15-16(13,14)8-5-3-7(4-6-8)9(10,11)12/h3-6H,2H2,1H3. The Hall–Kier alpha value is -1.08. The smallest absolute Gasteiger partial charge is 0.267 e. The van der Waals surface area contributed by atoms with Crippen LogP contribution in [0.1, 0.15) is 12.5 Å². The first-order chi connectivity index (χ1) is 7.27. The van der Waals surface area contributed by atoms with Crippen LogP contribution in [0.5, 0.6) is 0 Å². The van der Waals surface area contributed by atoms with Crippen molar-refractivity contribution in [2.45, 2.75) is 18.0 Å². The molecule has 1 aromatic rings. The molecular weight excluding hydrogens is 245 g/mol. The molecule has 0 fully saturated rings. The van der Waals surface area contributed by atoms with Crippen LogP contribution in [0.25, 0.3) is 0 Å². The van der Waals surface area contributed by atoms with E-state index in [0.717, 1.165) is 12.1 Å². The quantitative estimate of drug-likeness (QED) is 0.778. The van der Waals surface area contributed by atoms with Crippen LogP contribution in [0.3, 0.4) is 0 Å². The summed E-state index contributed by atoms with van der Waals surface area (Å²) in [6.07, 6.45) is -4.48. The molecule has 0 N–H and O–H groups in total. The molecule has 0 aliphatic rings. The first kappa shape index (κ1) is 13.0. The maximum Gasteiger partial charge on any atom is 0.416 e. The van der Waals surface area contributed by atoms with Crippen molar-refractivity contribution in [3.05, 3.63) is 29.8 Å². The molecule has 0 aliphatic carbocycles. The maximum absolute atomic E-state index is 12.2. The lowest BCUT2D eigenvalue weighted by Crippen LogP contribution is -2.08. The molecule has 0 radical (unpaired) electrons. The van der Waals surface area contributed by atoms with Crippen molar-refractivity contribution in [3.8, 4) is 0 Å². The summed E-state index contributed by atoms with van der Waals surface area (Å²) in [4.78, 5) is -0.289. The van der Waals surface area contributed by atoms with Crippen LogP contribution < -0.4 is 0 Å². The second-order valence-corrected chi connectivity index (χ2v) is 4.50. The molecule has 1 rings (SSSR count). The summed E-state index contributed by atoms with van der Waals surface area (Å²) in [7, 11) is -3.94. The van der Waals surface area contributed by atoms with Gasteiger partial charge in [-0.2, -0.15) is 21.6 Å². The molecule has 0 atom stereocenters. The number of benzene rings is 1. The highest BCUT2D eigenvalue weighted by Crippen LogP contribution is 2.29. The monoisotopic (exact) mass is 254 g/mol.